The van der Waals surface area contributed by atoms with E-state index in [2.05, 4.69) is 46.8 Å². The van der Waals surface area contributed by atoms with Gasteiger partial charge in [0.25, 0.3) is 0 Å². The van der Waals surface area contributed by atoms with Crippen molar-refractivity contribution in [2.24, 2.45) is 5.73 Å². The highest BCUT2D eigenvalue weighted by molar-refractivity contribution is 5.46. The molecule has 0 radical (unpaired) electrons. The molecule has 0 aromatic heterocycles. The van der Waals surface area contributed by atoms with Crippen molar-refractivity contribution in [2.75, 3.05) is 13.2 Å². The Hall–Kier alpha value is -1.02. The molecule has 0 atom stereocenters. The Kier molecular flexibility index (Phi) is 5.21. The van der Waals surface area contributed by atoms with Crippen LogP contribution in [0.5, 0.6) is 5.75 Å². The molecule has 0 aliphatic carbocycles. The van der Waals surface area contributed by atoms with E-state index in [-0.39, 0.29) is 5.41 Å². The number of rotatable bonds is 5. The molecule has 18 heavy (non-hydrogen) atoms. The van der Waals surface area contributed by atoms with E-state index in [0.29, 0.717) is 6.54 Å². The van der Waals surface area contributed by atoms with Crippen molar-refractivity contribution >= 4 is 0 Å². The molecule has 0 aliphatic heterocycles. The molecular formula is C16H27NO. The molecular weight excluding hydrogens is 222 g/mol. The number of aryl methyl sites for hydroxylation is 1. The van der Waals surface area contributed by atoms with Crippen LogP contribution in [-0.4, -0.2) is 13.2 Å². The maximum atomic E-state index is 5.88. The average molecular weight is 249 g/mol. The average Bonchev–Trinajstić information content (AvgIpc) is 2.27. The lowest BCUT2D eigenvalue weighted by molar-refractivity contribution is 0.312. The summed E-state index contributed by atoms with van der Waals surface area (Å²) in [5, 5.41) is 0. The highest BCUT2D eigenvalue weighted by Crippen LogP contribution is 2.31. The summed E-state index contributed by atoms with van der Waals surface area (Å²) >= 11 is 0. The minimum atomic E-state index is 0.164. The van der Waals surface area contributed by atoms with Crippen LogP contribution in [0.15, 0.2) is 12.1 Å². The fourth-order valence-electron chi connectivity index (χ4n) is 2.03. The summed E-state index contributed by atoms with van der Waals surface area (Å²) in [4.78, 5) is 0. The third-order valence-electron chi connectivity index (χ3n) is 3.08. The van der Waals surface area contributed by atoms with Gasteiger partial charge in [-0.3, -0.25) is 0 Å². The quantitative estimate of drug-likeness (QED) is 0.865. The number of ether oxygens (including phenoxy) is 1. The Labute approximate surface area is 112 Å². The second-order valence-corrected chi connectivity index (χ2v) is 5.92. The summed E-state index contributed by atoms with van der Waals surface area (Å²) in [7, 11) is 0. The molecule has 1 rings (SSSR count). The Balaban J connectivity index is 3.17. The summed E-state index contributed by atoms with van der Waals surface area (Å²) < 4.78 is 5.88. The third-order valence-corrected chi connectivity index (χ3v) is 3.08. The standard InChI is InChI=1S/C16H27NO/c1-6-9-18-15-12(2)10-14(16(3,4)5)11-13(15)7-8-17/h10-11H,6-9,17H2,1-5H3. The molecule has 2 nitrogen and oxygen atoms in total. The van der Waals surface area contributed by atoms with Gasteiger partial charge in [-0.15, -0.1) is 0 Å². The van der Waals surface area contributed by atoms with Crippen LogP contribution in [0.2, 0.25) is 0 Å². The van der Waals surface area contributed by atoms with E-state index in [1.165, 1.54) is 16.7 Å². The molecule has 0 unspecified atom stereocenters. The number of hydrogen-bond donors (Lipinski definition) is 1. The Morgan fingerprint density at radius 2 is 1.89 bits per heavy atom. The van der Waals surface area contributed by atoms with E-state index >= 15 is 0 Å². The van der Waals surface area contributed by atoms with Crippen LogP contribution in [0.3, 0.4) is 0 Å². The van der Waals surface area contributed by atoms with Crippen LogP contribution in [0.4, 0.5) is 0 Å². The fraction of sp³-hybridized carbons (Fsp3) is 0.625. The smallest absolute Gasteiger partial charge is 0.125 e. The molecule has 0 spiro atoms. The van der Waals surface area contributed by atoms with E-state index in [1.807, 2.05) is 0 Å². The van der Waals surface area contributed by atoms with E-state index in [9.17, 15) is 0 Å². The van der Waals surface area contributed by atoms with Crippen LogP contribution in [0.1, 0.15) is 50.8 Å². The summed E-state index contributed by atoms with van der Waals surface area (Å²) in [6, 6.07) is 4.50. The van der Waals surface area contributed by atoms with Gasteiger partial charge in [-0.1, -0.05) is 39.8 Å². The molecule has 0 saturated heterocycles. The van der Waals surface area contributed by atoms with Gasteiger partial charge in [0.2, 0.25) is 0 Å². The van der Waals surface area contributed by atoms with E-state index in [4.69, 9.17) is 10.5 Å². The minimum Gasteiger partial charge on any atom is -0.493 e. The van der Waals surface area contributed by atoms with Crippen LogP contribution in [-0.2, 0) is 11.8 Å². The van der Waals surface area contributed by atoms with Gasteiger partial charge in [0.15, 0.2) is 0 Å². The molecule has 0 amide bonds. The molecule has 1 aromatic rings. The summed E-state index contributed by atoms with van der Waals surface area (Å²) in [5.74, 6) is 1.04. The summed E-state index contributed by atoms with van der Waals surface area (Å²) in [6.45, 7) is 12.4. The number of nitrogens with two attached hydrogens (primary N) is 1. The van der Waals surface area contributed by atoms with Crippen molar-refractivity contribution in [1.82, 2.24) is 0 Å². The predicted molar refractivity (Wildman–Crippen MR) is 78.4 cm³/mol. The first-order valence-electron chi connectivity index (χ1n) is 6.87. The van der Waals surface area contributed by atoms with Gasteiger partial charge >= 0.3 is 0 Å². The highest BCUT2D eigenvalue weighted by atomic mass is 16.5. The molecule has 1 aromatic carbocycles. The second kappa shape index (κ2) is 6.24. The van der Waals surface area contributed by atoms with E-state index in [1.54, 1.807) is 0 Å². The fourth-order valence-corrected chi connectivity index (χ4v) is 2.03. The van der Waals surface area contributed by atoms with Crippen LogP contribution in [0, 0.1) is 6.92 Å². The zero-order chi connectivity index (χ0) is 13.8. The molecule has 0 saturated carbocycles. The maximum absolute atomic E-state index is 5.88. The lowest BCUT2D eigenvalue weighted by atomic mass is 9.84. The first-order chi connectivity index (χ1) is 8.40. The third kappa shape index (κ3) is 3.74. The highest BCUT2D eigenvalue weighted by Gasteiger charge is 2.17. The minimum absolute atomic E-state index is 0.164. The molecule has 0 heterocycles. The largest absolute Gasteiger partial charge is 0.493 e. The first-order valence-corrected chi connectivity index (χ1v) is 6.87. The zero-order valence-electron chi connectivity index (χ0n) is 12.5. The van der Waals surface area contributed by atoms with Gasteiger partial charge in [-0.2, -0.15) is 0 Å². The molecule has 102 valence electrons. The maximum Gasteiger partial charge on any atom is 0.125 e. The number of hydrogen-bond acceptors (Lipinski definition) is 2. The van der Waals surface area contributed by atoms with Crippen molar-refractivity contribution < 1.29 is 4.74 Å². The monoisotopic (exact) mass is 249 g/mol. The van der Waals surface area contributed by atoms with E-state index < -0.39 is 0 Å². The molecule has 2 N–H and O–H groups in total. The topological polar surface area (TPSA) is 35.2 Å². The van der Waals surface area contributed by atoms with Crippen molar-refractivity contribution in [1.29, 1.82) is 0 Å². The van der Waals surface area contributed by atoms with Crippen molar-refractivity contribution in [3.8, 4) is 5.75 Å². The zero-order valence-corrected chi connectivity index (χ0v) is 12.5. The lowest BCUT2D eigenvalue weighted by Gasteiger charge is -2.23. The van der Waals surface area contributed by atoms with Crippen LogP contribution >= 0.6 is 0 Å². The Bertz CT molecular complexity index is 391. The van der Waals surface area contributed by atoms with E-state index in [0.717, 1.165) is 25.2 Å². The number of benzene rings is 1. The van der Waals surface area contributed by atoms with Gasteiger partial charge < -0.3 is 10.5 Å². The van der Waals surface area contributed by atoms with Gasteiger partial charge in [-0.25, -0.2) is 0 Å². The predicted octanol–water partition coefficient (Wildman–Crippen LogP) is 3.58. The molecule has 0 aliphatic rings. The van der Waals surface area contributed by atoms with Crippen molar-refractivity contribution in [2.45, 2.75) is 52.9 Å². The van der Waals surface area contributed by atoms with Crippen molar-refractivity contribution in [3.63, 3.8) is 0 Å². The SMILES string of the molecule is CCCOc1c(C)cc(C(C)(C)C)cc1CCN. The normalized spacial score (nSPS) is 11.7. The lowest BCUT2D eigenvalue weighted by Crippen LogP contribution is -2.14. The summed E-state index contributed by atoms with van der Waals surface area (Å²) in [6.07, 6.45) is 1.91. The molecule has 0 fully saturated rings. The van der Waals surface area contributed by atoms with Crippen LogP contribution < -0.4 is 10.5 Å². The van der Waals surface area contributed by atoms with Gasteiger partial charge in [0.1, 0.15) is 5.75 Å². The Morgan fingerprint density at radius 1 is 1.22 bits per heavy atom. The first kappa shape index (κ1) is 15.0. The molecule has 2 heteroatoms. The van der Waals surface area contributed by atoms with Gasteiger partial charge in [-0.05, 0) is 48.4 Å². The summed E-state index contributed by atoms with van der Waals surface area (Å²) in [5.41, 5.74) is 9.70. The Morgan fingerprint density at radius 3 is 2.39 bits per heavy atom. The van der Waals surface area contributed by atoms with Gasteiger partial charge in [0.05, 0.1) is 6.61 Å². The molecule has 0 bridgehead atoms. The van der Waals surface area contributed by atoms with Crippen molar-refractivity contribution in [3.05, 3.63) is 28.8 Å². The van der Waals surface area contributed by atoms with Gasteiger partial charge in [0, 0.05) is 0 Å². The second-order valence-electron chi connectivity index (χ2n) is 5.92. The van der Waals surface area contributed by atoms with Crippen LogP contribution in [0.25, 0.3) is 0 Å².